The molecule has 0 aliphatic heterocycles. The van der Waals surface area contributed by atoms with Crippen LogP contribution in [0.4, 0.5) is 0 Å². The standard InChI is InChI=1S/C11H13N3O2.2ClH/c1-14(2)6-10-12-8-4-3-7(11(15)16)5-9(8)13-10;;/h3-5H,6H2,1-2H3,(H,12,13)(H,15,16);2*1H. The summed E-state index contributed by atoms with van der Waals surface area (Å²) in [6.45, 7) is 0.705. The number of benzene rings is 1. The van der Waals surface area contributed by atoms with Crippen LogP contribution in [0.25, 0.3) is 11.0 Å². The van der Waals surface area contributed by atoms with Crippen LogP contribution < -0.4 is 0 Å². The monoisotopic (exact) mass is 291 g/mol. The second-order valence-corrected chi connectivity index (χ2v) is 3.96. The summed E-state index contributed by atoms with van der Waals surface area (Å²) in [5.41, 5.74) is 1.83. The van der Waals surface area contributed by atoms with Crippen molar-refractivity contribution < 1.29 is 9.90 Å². The minimum absolute atomic E-state index is 0. The molecule has 2 N–H and O–H groups in total. The quantitative estimate of drug-likeness (QED) is 0.909. The summed E-state index contributed by atoms with van der Waals surface area (Å²) < 4.78 is 0. The number of aromatic amines is 1. The zero-order chi connectivity index (χ0) is 11.7. The van der Waals surface area contributed by atoms with Crippen LogP contribution in [0.3, 0.4) is 0 Å². The van der Waals surface area contributed by atoms with E-state index < -0.39 is 5.97 Å². The van der Waals surface area contributed by atoms with Crippen molar-refractivity contribution in [2.24, 2.45) is 0 Å². The molecule has 0 fully saturated rings. The van der Waals surface area contributed by atoms with Gasteiger partial charge in [0.1, 0.15) is 5.82 Å². The Labute approximate surface area is 117 Å². The van der Waals surface area contributed by atoms with Crippen LogP contribution >= 0.6 is 24.8 Å². The molecule has 0 radical (unpaired) electrons. The smallest absolute Gasteiger partial charge is 0.335 e. The number of carboxylic acids is 1. The van der Waals surface area contributed by atoms with E-state index in [1.165, 1.54) is 0 Å². The van der Waals surface area contributed by atoms with E-state index >= 15 is 0 Å². The second-order valence-electron chi connectivity index (χ2n) is 3.96. The Morgan fingerprint density at radius 3 is 2.61 bits per heavy atom. The van der Waals surface area contributed by atoms with Crippen molar-refractivity contribution in [2.75, 3.05) is 14.1 Å². The van der Waals surface area contributed by atoms with Crippen molar-refractivity contribution >= 4 is 41.8 Å². The first-order valence-corrected chi connectivity index (χ1v) is 4.93. The highest BCUT2D eigenvalue weighted by molar-refractivity contribution is 5.92. The summed E-state index contributed by atoms with van der Waals surface area (Å²) in [6, 6.07) is 4.88. The normalized spacial score (nSPS) is 9.94. The first kappa shape index (κ1) is 16.7. The Bertz CT molecular complexity index is 540. The minimum atomic E-state index is -0.925. The molecule has 5 nitrogen and oxygen atoms in total. The molecule has 0 saturated heterocycles. The van der Waals surface area contributed by atoms with Gasteiger partial charge in [-0.3, -0.25) is 0 Å². The molecule has 0 atom stereocenters. The minimum Gasteiger partial charge on any atom is -0.478 e. The summed E-state index contributed by atoms with van der Waals surface area (Å²) in [6.07, 6.45) is 0. The number of aromatic carboxylic acids is 1. The van der Waals surface area contributed by atoms with E-state index in [9.17, 15) is 4.79 Å². The lowest BCUT2D eigenvalue weighted by molar-refractivity contribution is 0.0697. The van der Waals surface area contributed by atoms with Crippen molar-refractivity contribution in [3.05, 3.63) is 29.6 Å². The van der Waals surface area contributed by atoms with Crippen LogP contribution in [-0.2, 0) is 6.54 Å². The van der Waals surface area contributed by atoms with E-state index in [4.69, 9.17) is 5.11 Å². The van der Waals surface area contributed by atoms with Crippen LogP contribution in [0.15, 0.2) is 18.2 Å². The molecule has 1 heterocycles. The lowest BCUT2D eigenvalue weighted by Gasteiger charge is -2.04. The molecule has 2 aromatic rings. The molecule has 0 aliphatic rings. The third kappa shape index (κ3) is 3.60. The van der Waals surface area contributed by atoms with E-state index in [1.807, 2.05) is 19.0 Å². The topological polar surface area (TPSA) is 69.2 Å². The molecule has 100 valence electrons. The summed E-state index contributed by atoms with van der Waals surface area (Å²) in [7, 11) is 3.91. The van der Waals surface area contributed by atoms with Crippen LogP contribution in [0, 0.1) is 0 Å². The van der Waals surface area contributed by atoms with Crippen LogP contribution in [0.1, 0.15) is 16.2 Å². The molecule has 18 heavy (non-hydrogen) atoms. The van der Waals surface area contributed by atoms with Crippen LogP contribution in [-0.4, -0.2) is 40.0 Å². The summed E-state index contributed by atoms with van der Waals surface area (Å²) in [5, 5.41) is 8.85. The van der Waals surface area contributed by atoms with Crippen molar-refractivity contribution in [3.63, 3.8) is 0 Å². The molecule has 0 amide bonds. The number of hydrogen-bond donors (Lipinski definition) is 2. The van der Waals surface area contributed by atoms with Gasteiger partial charge in [-0.2, -0.15) is 0 Å². The molecule has 0 aliphatic carbocycles. The SMILES string of the molecule is CN(C)Cc1nc2ccc(C(=O)O)cc2[nH]1.Cl.Cl. The van der Waals surface area contributed by atoms with Gasteiger partial charge < -0.3 is 15.0 Å². The molecule has 2 rings (SSSR count). The summed E-state index contributed by atoms with van der Waals surface area (Å²) in [4.78, 5) is 20.3. The zero-order valence-corrected chi connectivity index (χ0v) is 11.6. The first-order chi connectivity index (χ1) is 7.56. The number of carboxylic acid groups (broad SMARTS) is 1. The van der Waals surface area contributed by atoms with E-state index in [0.717, 1.165) is 16.9 Å². The van der Waals surface area contributed by atoms with Gasteiger partial charge in [-0.25, -0.2) is 9.78 Å². The fraction of sp³-hybridized carbons (Fsp3) is 0.273. The average molecular weight is 292 g/mol. The maximum absolute atomic E-state index is 10.8. The number of halogens is 2. The number of fused-ring (bicyclic) bond motifs is 1. The molecule has 0 spiro atoms. The number of nitrogens with zero attached hydrogens (tertiary/aromatic N) is 2. The van der Waals surface area contributed by atoms with Crippen molar-refractivity contribution in [1.82, 2.24) is 14.9 Å². The van der Waals surface area contributed by atoms with Crippen molar-refractivity contribution in [1.29, 1.82) is 0 Å². The van der Waals surface area contributed by atoms with Gasteiger partial charge in [0.25, 0.3) is 0 Å². The van der Waals surface area contributed by atoms with E-state index in [2.05, 4.69) is 9.97 Å². The maximum Gasteiger partial charge on any atom is 0.335 e. The third-order valence-electron chi connectivity index (χ3n) is 2.24. The highest BCUT2D eigenvalue weighted by Gasteiger charge is 2.07. The lowest BCUT2D eigenvalue weighted by Crippen LogP contribution is -2.11. The van der Waals surface area contributed by atoms with Gasteiger partial charge in [0.2, 0.25) is 0 Å². The Kier molecular flexibility index (Phi) is 6.11. The second kappa shape index (κ2) is 6.58. The molecule has 1 aromatic carbocycles. The Morgan fingerprint density at radius 2 is 2.06 bits per heavy atom. The molecule has 0 bridgehead atoms. The van der Waals surface area contributed by atoms with Gasteiger partial charge >= 0.3 is 5.97 Å². The predicted molar refractivity (Wildman–Crippen MR) is 74.9 cm³/mol. The van der Waals surface area contributed by atoms with E-state index in [1.54, 1.807) is 18.2 Å². The molecule has 0 unspecified atom stereocenters. The maximum atomic E-state index is 10.8. The highest BCUT2D eigenvalue weighted by atomic mass is 35.5. The third-order valence-corrected chi connectivity index (χ3v) is 2.24. The first-order valence-electron chi connectivity index (χ1n) is 4.93. The van der Waals surface area contributed by atoms with Gasteiger partial charge in [-0.05, 0) is 32.3 Å². The zero-order valence-electron chi connectivity index (χ0n) is 10.0. The van der Waals surface area contributed by atoms with Gasteiger partial charge in [0.15, 0.2) is 0 Å². The number of imidazole rings is 1. The number of carbonyl (C=O) groups is 1. The molecular formula is C11H15Cl2N3O2. The molecule has 7 heteroatoms. The predicted octanol–water partition coefficient (Wildman–Crippen LogP) is 2.17. The summed E-state index contributed by atoms with van der Waals surface area (Å²) in [5.74, 6) is -0.0896. The van der Waals surface area contributed by atoms with Crippen molar-refractivity contribution in [2.45, 2.75) is 6.54 Å². The Morgan fingerprint density at radius 1 is 1.39 bits per heavy atom. The fourth-order valence-electron chi connectivity index (χ4n) is 1.57. The van der Waals surface area contributed by atoms with Crippen LogP contribution in [0.5, 0.6) is 0 Å². The molecular weight excluding hydrogens is 277 g/mol. The van der Waals surface area contributed by atoms with Gasteiger partial charge in [-0.15, -0.1) is 24.8 Å². The van der Waals surface area contributed by atoms with Crippen LogP contribution in [0.2, 0.25) is 0 Å². The van der Waals surface area contributed by atoms with E-state index in [-0.39, 0.29) is 30.4 Å². The molecule has 0 saturated carbocycles. The van der Waals surface area contributed by atoms with Crippen molar-refractivity contribution in [3.8, 4) is 0 Å². The largest absolute Gasteiger partial charge is 0.478 e. The van der Waals surface area contributed by atoms with Gasteiger partial charge in [0, 0.05) is 0 Å². The van der Waals surface area contributed by atoms with E-state index in [0.29, 0.717) is 6.54 Å². The number of rotatable bonds is 3. The highest BCUT2D eigenvalue weighted by Crippen LogP contribution is 2.14. The number of nitrogens with one attached hydrogen (secondary N) is 1. The Hall–Kier alpha value is -1.30. The lowest BCUT2D eigenvalue weighted by atomic mass is 10.2. The van der Waals surface area contributed by atoms with Gasteiger partial charge in [0.05, 0.1) is 23.1 Å². The number of H-pyrrole nitrogens is 1. The number of aromatic nitrogens is 2. The Balaban J connectivity index is 0.00000144. The average Bonchev–Trinajstić information content (AvgIpc) is 2.56. The number of hydrogen-bond acceptors (Lipinski definition) is 3. The van der Waals surface area contributed by atoms with Gasteiger partial charge in [-0.1, -0.05) is 0 Å². The fourth-order valence-corrected chi connectivity index (χ4v) is 1.57. The molecule has 1 aromatic heterocycles. The summed E-state index contributed by atoms with van der Waals surface area (Å²) >= 11 is 0.